The van der Waals surface area contributed by atoms with E-state index in [1.807, 2.05) is 0 Å². The molecule has 0 unspecified atom stereocenters. The van der Waals surface area contributed by atoms with Crippen molar-refractivity contribution in [2.75, 3.05) is 11.1 Å². The molecule has 166 valence electrons. The summed E-state index contributed by atoms with van der Waals surface area (Å²) in [5, 5.41) is 22.1. The third-order valence-corrected chi connectivity index (χ3v) is 7.32. The van der Waals surface area contributed by atoms with Gasteiger partial charge in [-0.25, -0.2) is 4.98 Å². The average molecular weight is 478 g/mol. The second-order valence-corrected chi connectivity index (χ2v) is 9.59. The molecule has 4 heterocycles. The van der Waals surface area contributed by atoms with Gasteiger partial charge >= 0.3 is 0 Å². The number of carbonyl (C=O) groups is 1. The number of aromatic nitrogens is 3. The number of nitriles is 1. The van der Waals surface area contributed by atoms with Gasteiger partial charge in [-0.15, -0.1) is 21.5 Å². The average Bonchev–Trinajstić information content (AvgIpc) is 3.60. The minimum absolute atomic E-state index is 0.135. The van der Waals surface area contributed by atoms with Gasteiger partial charge in [0, 0.05) is 17.1 Å². The smallest absolute Gasteiger partial charge is 0.225 e. The lowest BCUT2D eigenvalue weighted by atomic mass is 9.96. The van der Waals surface area contributed by atoms with Gasteiger partial charge in [0.25, 0.3) is 0 Å². The Balaban J connectivity index is 1.25. The summed E-state index contributed by atoms with van der Waals surface area (Å²) in [5.41, 5.74) is 2.75. The number of furan rings is 2. The van der Waals surface area contributed by atoms with Crippen molar-refractivity contribution >= 4 is 34.0 Å². The van der Waals surface area contributed by atoms with E-state index in [1.165, 1.54) is 28.0 Å². The Morgan fingerprint density at radius 1 is 1.12 bits per heavy atom. The Morgan fingerprint density at radius 3 is 2.61 bits per heavy atom. The molecule has 1 aliphatic carbocycles. The van der Waals surface area contributed by atoms with Crippen LogP contribution in [0.25, 0.3) is 22.9 Å². The van der Waals surface area contributed by atoms with Crippen LogP contribution >= 0.6 is 23.1 Å². The highest BCUT2D eigenvalue weighted by Gasteiger charge is 2.22. The van der Waals surface area contributed by atoms with E-state index in [4.69, 9.17) is 8.83 Å². The van der Waals surface area contributed by atoms with Crippen LogP contribution in [0.3, 0.4) is 0 Å². The first-order chi connectivity index (χ1) is 16.2. The molecule has 1 N–H and O–H groups in total. The Kier molecular flexibility index (Phi) is 6.24. The fraction of sp³-hybridized carbons (Fsp3) is 0.261. The first-order valence-electron chi connectivity index (χ1n) is 10.5. The van der Waals surface area contributed by atoms with Crippen molar-refractivity contribution in [1.82, 2.24) is 15.2 Å². The lowest BCUT2D eigenvalue weighted by Crippen LogP contribution is -2.12. The minimum atomic E-state index is -0.135. The molecule has 5 rings (SSSR count). The zero-order chi connectivity index (χ0) is 22.6. The highest BCUT2D eigenvalue weighted by Crippen LogP contribution is 2.37. The van der Waals surface area contributed by atoms with Gasteiger partial charge in [0.2, 0.25) is 11.1 Å². The second kappa shape index (κ2) is 9.60. The minimum Gasteiger partial charge on any atom is -0.463 e. The summed E-state index contributed by atoms with van der Waals surface area (Å²) in [7, 11) is 0. The van der Waals surface area contributed by atoms with E-state index in [-0.39, 0.29) is 12.3 Å². The molecule has 8 nitrogen and oxygen atoms in total. The van der Waals surface area contributed by atoms with Crippen LogP contribution in [0, 0.1) is 11.3 Å². The van der Waals surface area contributed by atoms with Crippen molar-refractivity contribution in [3.05, 3.63) is 52.8 Å². The van der Waals surface area contributed by atoms with E-state index < -0.39 is 0 Å². The lowest BCUT2D eigenvalue weighted by molar-refractivity contribution is -0.115. The molecule has 0 aliphatic heterocycles. The van der Waals surface area contributed by atoms with Crippen molar-refractivity contribution < 1.29 is 13.6 Å². The molecule has 0 saturated carbocycles. The number of aryl methyl sites for hydroxylation is 1. The number of thioether (sulfide) groups is 1. The molecule has 0 saturated heterocycles. The van der Waals surface area contributed by atoms with E-state index in [9.17, 15) is 10.1 Å². The van der Waals surface area contributed by atoms with Gasteiger partial charge < -0.3 is 14.2 Å². The molecule has 0 aromatic carbocycles. The van der Waals surface area contributed by atoms with E-state index >= 15 is 0 Å². The number of hydrogen-bond acceptors (Lipinski definition) is 9. The molecule has 4 aromatic rings. The van der Waals surface area contributed by atoms with Crippen LogP contribution in [0.5, 0.6) is 0 Å². The number of thiophene rings is 1. The quantitative estimate of drug-likeness (QED) is 0.355. The number of nitrogens with zero attached hydrogens (tertiary/aromatic N) is 4. The maximum Gasteiger partial charge on any atom is 0.225 e. The van der Waals surface area contributed by atoms with E-state index in [0.717, 1.165) is 31.2 Å². The maximum absolute atomic E-state index is 12.5. The van der Waals surface area contributed by atoms with E-state index in [2.05, 4.69) is 26.6 Å². The highest BCUT2D eigenvalue weighted by molar-refractivity contribution is 7.99. The lowest BCUT2D eigenvalue weighted by Gasteiger charge is -2.09. The van der Waals surface area contributed by atoms with Gasteiger partial charge in [0.1, 0.15) is 16.8 Å². The molecular weight excluding hydrogens is 458 g/mol. The van der Waals surface area contributed by atoms with Gasteiger partial charge in [-0.1, -0.05) is 11.8 Å². The van der Waals surface area contributed by atoms with Crippen molar-refractivity contribution in [2.24, 2.45) is 0 Å². The number of carbonyl (C=O) groups excluding carboxylic acids is 1. The summed E-state index contributed by atoms with van der Waals surface area (Å²) >= 11 is 2.86. The summed E-state index contributed by atoms with van der Waals surface area (Å²) in [4.78, 5) is 18.3. The highest BCUT2D eigenvalue weighted by atomic mass is 32.2. The summed E-state index contributed by atoms with van der Waals surface area (Å²) in [5.74, 6) is 1.44. The molecular formula is C23H19N5O3S2. The molecule has 1 aliphatic rings. The fourth-order valence-electron chi connectivity index (χ4n) is 3.73. The monoisotopic (exact) mass is 477 g/mol. The topological polar surface area (TPSA) is 118 Å². The van der Waals surface area contributed by atoms with Gasteiger partial charge in [0.15, 0.2) is 17.2 Å². The molecule has 1 amide bonds. The molecule has 0 spiro atoms. The fourth-order valence-corrected chi connectivity index (χ4v) is 5.71. The van der Waals surface area contributed by atoms with Crippen LogP contribution in [-0.4, -0.2) is 26.8 Å². The normalized spacial score (nSPS) is 12.8. The van der Waals surface area contributed by atoms with Gasteiger partial charge in [-0.3, -0.25) is 4.79 Å². The molecule has 10 heteroatoms. The van der Waals surface area contributed by atoms with Gasteiger partial charge in [-0.05, 0) is 55.5 Å². The van der Waals surface area contributed by atoms with Crippen LogP contribution in [0.4, 0.5) is 5.00 Å². The predicted molar refractivity (Wildman–Crippen MR) is 125 cm³/mol. The summed E-state index contributed by atoms with van der Waals surface area (Å²) in [6, 6.07) is 9.40. The van der Waals surface area contributed by atoms with Crippen LogP contribution in [-0.2, 0) is 17.6 Å². The standard InChI is InChI=1S/C23H19N5O3S2/c24-13-15-14-5-1-2-8-18(14)33-22(15)25-19(29)9-12-32-23-26-20(16-6-3-10-30-16)21(27-28-23)17-7-4-11-31-17/h3-4,6-7,10-11H,1-2,5,8-9,12H2,(H,25,29). The summed E-state index contributed by atoms with van der Waals surface area (Å²) in [6.45, 7) is 0. The summed E-state index contributed by atoms with van der Waals surface area (Å²) < 4.78 is 11.0. The largest absolute Gasteiger partial charge is 0.463 e. The number of amides is 1. The third-order valence-electron chi connectivity index (χ3n) is 5.27. The molecule has 4 aromatic heterocycles. The molecule has 0 fully saturated rings. The Labute approximate surface area is 198 Å². The predicted octanol–water partition coefficient (Wildman–Crippen LogP) is 5.32. The van der Waals surface area contributed by atoms with Crippen LogP contribution < -0.4 is 5.32 Å². The van der Waals surface area contributed by atoms with Crippen molar-refractivity contribution in [3.8, 4) is 29.0 Å². The third kappa shape index (κ3) is 4.55. The van der Waals surface area contributed by atoms with Gasteiger partial charge in [0.05, 0.1) is 18.1 Å². The van der Waals surface area contributed by atoms with Crippen LogP contribution in [0.2, 0.25) is 0 Å². The molecule has 33 heavy (non-hydrogen) atoms. The first-order valence-corrected chi connectivity index (χ1v) is 12.3. The zero-order valence-corrected chi connectivity index (χ0v) is 19.2. The molecule has 0 bridgehead atoms. The second-order valence-electron chi connectivity index (χ2n) is 7.42. The van der Waals surface area contributed by atoms with Crippen LogP contribution in [0.1, 0.15) is 35.3 Å². The van der Waals surface area contributed by atoms with E-state index in [1.54, 1.807) is 36.8 Å². The summed E-state index contributed by atoms with van der Waals surface area (Å²) in [6.07, 6.45) is 7.51. The maximum atomic E-state index is 12.5. The van der Waals surface area contributed by atoms with Crippen molar-refractivity contribution in [3.63, 3.8) is 0 Å². The SMILES string of the molecule is N#Cc1c(NC(=O)CCSc2nnc(-c3ccco3)c(-c3ccco3)n2)sc2c1CCCC2. The first kappa shape index (κ1) is 21.4. The Hall–Kier alpha value is -3.42. The Bertz CT molecular complexity index is 1310. The number of anilines is 1. The number of fused-ring (bicyclic) bond motifs is 1. The van der Waals surface area contributed by atoms with Crippen molar-refractivity contribution in [1.29, 1.82) is 5.26 Å². The van der Waals surface area contributed by atoms with Gasteiger partial charge in [-0.2, -0.15) is 5.26 Å². The number of nitrogens with one attached hydrogen (secondary N) is 1. The van der Waals surface area contributed by atoms with Crippen molar-refractivity contribution in [2.45, 2.75) is 37.3 Å². The number of rotatable bonds is 7. The molecule has 0 radical (unpaired) electrons. The molecule has 0 atom stereocenters. The van der Waals surface area contributed by atoms with E-state index in [0.29, 0.717) is 44.4 Å². The number of hydrogen-bond donors (Lipinski definition) is 1. The van der Waals surface area contributed by atoms with Crippen LogP contribution in [0.15, 0.2) is 50.8 Å². The Morgan fingerprint density at radius 2 is 1.88 bits per heavy atom. The zero-order valence-electron chi connectivity index (χ0n) is 17.5.